The van der Waals surface area contributed by atoms with E-state index in [0.717, 1.165) is 10.6 Å². The van der Waals surface area contributed by atoms with Gasteiger partial charge in [-0.2, -0.15) is 4.98 Å². The highest BCUT2D eigenvalue weighted by molar-refractivity contribution is 7.98. The van der Waals surface area contributed by atoms with Crippen LogP contribution in [0.5, 0.6) is 0 Å². The number of aryl methyl sites for hydroxylation is 1. The van der Waals surface area contributed by atoms with Crippen molar-refractivity contribution < 1.29 is 4.52 Å². The van der Waals surface area contributed by atoms with E-state index in [1.807, 2.05) is 32.4 Å². The molecule has 3 rings (SSSR count). The van der Waals surface area contributed by atoms with Crippen molar-refractivity contribution in [3.63, 3.8) is 0 Å². The van der Waals surface area contributed by atoms with Gasteiger partial charge in [0.1, 0.15) is 5.69 Å². The van der Waals surface area contributed by atoms with Crippen LogP contribution in [0.25, 0.3) is 23.1 Å². The number of hydrogen-bond acceptors (Lipinski definition) is 7. The van der Waals surface area contributed by atoms with Crippen LogP contribution in [-0.2, 0) is 7.05 Å². The van der Waals surface area contributed by atoms with Gasteiger partial charge in [-0.1, -0.05) is 10.4 Å². The first-order valence-corrected chi connectivity index (χ1v) is 7.12. The van der Waals surface area contributed by atoms with Crippen molar-refractivity contribution in [2.45, 2.75) is 11.8 Å². The Kier molecular flexibility index (Phi) is 3.23. The molecule has 20 heavy (non-hydrogen) atoms. The van der Waals surface area contributed by atoms with Crippen molar-refractivity contribution in [3.05, 3.63) is 24.0 Å². The molecule has 7 nitrogen and oxygen atoms in total. The number of pyridine rings is 1. The van der Waals surface area contributed by atoms with Crippen LogP contribution in [0.3, 0.4) is 0 Å². The highest BCUT2D eigenvalue weighted by atomic mass is 32.2. The zero-order valence-corrected chi connectivity index (χ0v) is 12.0. The fourth-order valence-electron chi connectivity index (χ4n) is 1.66. The van der Waals surface area contributed by atoms with E-state index in [4.69, 9.17) is 4.52 Å². The Balaban J connectivity index is 1.95. The van der Waals surface area contributed by atoms with Gasteiger partial charge in [0, 0.05) is 18.1 Å². The summed E-state index contributed by atoms with van der Waals surface area (Å²) < 4.78 is 6.89. The van der Waals surface area contributed by atoms with Crippen LogP contribution < -0.4 is 0 Å². The summed E-state index contributed by atoms with van der Waals surface area (Å²) in [7, 11) is 1.81. The van der Waals surface area contributed by atoms with E-state index in [1.54, 1.807) is 22.6 Å². The Morgan fingerprint density at radius 2 is 2.15 bits per heavy atom. The molecule has 0 radical (unpaired) electrons. The molecule has 3 heterocycles. The molecule has 3 aromatic heterocycles. The van der Waals surface area contributed by atoms with Crippen LogP contribution in [-0.4, -0.2) is 36.4 Å². The first kappa shape index (κ1) is 12.8. The molecule has 0 saturated heterocycles. The van der Waals surface area contributed by atoms with E-state index in [2.05, 4.69) is 25.4 Å². The molecule has 0 aromatic carbocycles. The molecular formula is C12H12N6OS. The number of thioether (sulfide) groups is 1. The number of nitrogens with zero attached hydrogens (tertiary/aromatic N) is 6. The molecule has 0 aliphatic rings. The average molecular weight is 288 g/mol. The third-order valence-electron chi connectivity index (χ3n) is 2.94. The lowest BCUT2D eigenvalue weighted by Gasteiger charge is -1.95. The van der Waals surface area contributed by atoms with Crippen LogP contribution in [0.1, 0.15) is 5.69 Å². The maximum Gasteiger partial charge on any atom is 0.280 e. The fourth-order valence-corrected chi connectivity index (χ4v) is 2.02. The normalized spacial score (nSPS) is 10.9. The van der Waals surface area contributed by atoms with Crippen molar-refractivity contribution in [2.24, 2.45) is 7.05 Å². The Labute approximate surface area is 119 Å². The van der Waals surface area contributed by atoms with E-state index in [-0.39, 0.29) is 0 Å². The lowest BCUT2D eigenvalue weighted by molar-refractivity contribution is 0.430. The van der Waals surface area contributed by atoms with Crippen molar-refractivity contribution in [2.75, 3.05) is 6.26 Å². The van der Waals surface area contributed by atoms with Crippen LogP contribution in [0.15, 0.2) is 27.7 Å². The van der Waals surface area contributed by atoms with Gasteiger partial charge < -0.3 is 4.52 Å². The van der Waals surface area contributed by atoms with Gasteiger partial charge in [0.2, 0.25) is 5.82 Å². The molecule has 3 aromatic rings. The number of rotatable bonds is 3. The summed E-state index contributed by atoms with van der Waals surface area (Å²) in [5.41, 5.74) is 2.12. The van der Waals surface area contributed by atoms with Gasteiger partial charge >= 0.3 is 0 Å². The minimum atomic E-state index is 0.348. The van der Waals surface area contributed by atoms with Crippen molar-refractivity contribution in [1.29, 1.82) is 0 Å². The smallest absolute Gasteiger partial charge is 0.280 e. The topological polar surface area (TPSA) is 82.5 Å². The minimum Gasteiger partial charge on any atom is -0.332 e. The summed E-state index contributed by atoms with van der Waals surface area (Å²) >= 11 is 1.63. The molecule has 0 bridgehead atoms. The maximum atomic E-state index is 5.23. The monoisotopic (exact) mass is 288 g/mol. The van der Waals surface area contributed by atoms with Crippen molar-refractivity contribution >= 4 is 11.8 Å². The van der Waals surface area contributed by atoms with Crippen LogP contribution in [0.2, 0.25) is 0 Å². The van der Waals surface area contributed by atoms with Gasteiger partial charge in [-0.25, -0.2) is 0 Å². The average Bonchev–Trinajstić information content (AvgIpc) is 3.08. The number of hydrogen-bond donors (Lipinski definition) is 0. The highest BCUT2D eigenvalue weighted by Crippen LogP contribution is 2.22. The van der Waals surface area contributed by atoms with Crippen LogP contribution >= 0.6 is 11.8 Å². The standard InChI is InChI=1S/C12H12N6OS/c1-7-10(15-17-18(7)2)12-14-11(16-19-12)9-5-4-8(20-3)6-13-9/h4-6H,1-3H3. The summed E-state index contributed by atoms with van der Waals surface area (Å²) in [6.45, 7) is 1.89. The summed E-state index contributed by atoms with van der Waals surface area (Å²) in [5.74, 6) is 0.791. The molecule has 0 spiro atoms. The lowest BCUT2D eigenvalue weighted by atomic mass is 10.3. The van der Waals surface area contributed by atoms with Gasteiger partial charge in [-0.15, -0.1) is 16.9 Å². The Morgan fingerprint density at radius 1 is 1.30 bits per heavy atom. The molecule has 102 valence electrons. The van der Waals surface area contributed by atoms with Gasteiger partial charge in [0.15, 0.2) is 5.69 Å². The first-order valence-electron chi connectivity index (χ1n) is 5.90. The molecule has 0 aliphatic carbocycles. The third-order valence-corrected chi connectivity index (χ3v) is 3.65. The van der Waals surface area contributed by atoms with Gasteiger partial charge in [0.25, 0.3) is 5.89 Å². The summed E-state index contributed by atoms with van der Waals surface area (Å²) in [6, 6.07) is 3.83. The fraction of sp³-hybridized carbons (Fsp3) is 0.250. The second-order valence-corrected chi connectivity index (χ2v) is 5.03. The highest BCUT2D eigenvalue weighted by Gasteiger charge is 2.17. The molecule has 0 amide bonds. The van der Waals surface area contributed by atoms with E-state index < -0.39 is 0 Å². The lowest BCUT2D eigenvalue weighted by Crippen LogP contribution is -1.92. The Hall–Kier alpha value is -2.22. The van der Waals surface area contributed by atoms with E-state index in [9.17, 15) is 0 Å². The summed E-state index contributed by atoms with van der Waals surface area (Å²) in [5, 5.41) is 11.9. The van der Waals surface area contributed by atoms with Crippen LogP contribution in [0, 0.1) is 6.92 Å². The van der Waals surface area contributed by atoms with Crippen LogP contribution in [0.4, 0.5) is 0 Å². The van der Waals surface area contributed by atoms with Gasteiger partial charge in [-0.05, 0) is 25.3 Å². The predicted molar refractivity (Wildman–Crippen MR) is 74.0 cm³/mol. The van der Waals surface area contributed by atoms with E-state index in [1.165, 1.54) is 0 Å². The summed E-state index contributed by atoms with van der Waals surface area (Å²) in [6.07, 6.45) is 3.78. The summed E-state index contributed by atoms with van der Waals surface area (Å²) in [4.78, 5) is 9.71. The minimum absolute atomic E-state index is 0.348. The third kappa shape index (κ3) is 2.18. The predicted octanol–water partition coefficient (Wildman–Crippen LogP) is 1.96. The Morgan fingerprint density at radius 3 is 2.75 bits per heavy atom. The molecule has 0 saturated carbocycles. The first-order chi connectivity index (χ1) is 9.69. The number of aromatic nitrogens is 6. The van der Waals surface area contributed by atoms with E-state index in [0.29, 0.717) is 23.1 Å². The largest absolute Gasteiger partial charge is 0.332 e. The molecule has 0 fully saturated rings. The molecule has 8 heteroatoms. The second-order valence-electron chi connectivity index (χ2n) is 4.15. The molecule has 0 N–H and O–H groups in total. The molecule has 0 unspecified atom stereocenters. The quantitative estimate of drug-likeness (QED) is 0.681. The molecule has 0 aliphatic heterocycles. The zero-order chi connectivity index (χ0) is 14.1. The van der Waals surface area contributed by atoms with Crippen molar-refractivity contribution in [1.82, 2.24) is 30.1 Å². The maximum absolute atomic E-state index is 5.23. The van der Waals surface area contributed by atoms with Crippen molar-refractivity contribution in [3.8, 4) is 23.1 Å². The Bertz CT molecular complexity index is 733. The van der Waals surface area contributed by atoms with Gasteiger partial charge in [0.05, 0.1) is 5.69 Å². The SMILES string of the molecule is CSc1ccc(-c2noc(-c3nnn(C)c3C)n2)nc1. The molecular weight excluding hydrogens is 276 g/mol. The van der Waals surface area contributed by atoms with Gasteiger partial charge in [-0.3, -0.25) is 9.67 Å². The second kappa shape index (κ2) is 5.04. The van der Waals surface area contributed by atoms with E-state index >= 15 is 0 Å². The molecule has 0 atom stereocenters. The zero-order valence-electron chi connectivity index (χ0n) is 11.2.